The third kappa shape index (κ3) is 2.78. The first-order valence-corrected chi connectivity index (χ1v) is 5.43. The molecule has 2 heterocycles. The lowest BCUT2D eigenvalue weighted by Gasteiger charge is -2.22. The van der Waals surface area contributed by atoms with Crippen LogP contribution in [0.15, 0.2) is 18.3 Å². The van der Waals surface area contributed by atoms with Crippen molar-refractivity contribution in [3.8, 4) is 6.07 Å². The van der Waals surface area contributed by atoms with E-state index in [1.165, 1.54) is 0 Å². The molecule has 0 radical (unpaired) electrons. The summed E-state index contributed by atoms with van der Waals surface area (Å²) >= 11 is 0. The Balaban J connectivity index is 1.91. The van der Waals surface area contributed by atoms with Crippen LogP contribution in [0.2, 0.25) is 0 Å². The smallest absolute Gasteiger partial charge is 0.145 e. The molecule has 4 heteroatoms. The third-order valence-electron chi connectivity index (χ3n) is 2.64. The molecule has 1 aliphatic heterocycles. The molecule has 0 N–H and O–H groups in total. The molecule has 0 amide bonds. The van der Waals surface area contributed by atoms with Crippen molar-refractivity contribution in [3.63, 3.8) is 0 Å². The highest BCUT2D eigenvalue weighted by atomic mass is 16.5. The van der Waals surface area contributed by atoms with Crippen LogP contribution in [0.25, 0.3) is 0 Å². The zero-order chi connectivity index (χ0) is 11.2. The Hall–Kier alpha value is -1.44. The van der Waals surface area contributed by atoms with Gasteiger partial charge in [-0.2, -0.15) is 5.26 Å². The fourth-order valence-corrected chi connectivity index (χ4v) is 1.71. The van der Waals surface area contributed by atoms with Crippen LogP contribution in [0.1, 0.15) is 24.1 Å². The van der Waals surface area contributed by atoms with Crippen molar-refractivity contribution < 1.29 is 9.47 Å². The van der Waals surface area contributed by atoms with Gasteiger partial charge in [0.1, 0.15) is 11.8 Å². The maximum absolute atomic E-state index is 8.87. The van der Waals surface area contributed by atoms with Gasteiger partial charge in [-0.25, -0.2) is 4.98 Å². The van der Waals surface area contributed by atoms with Crippen molar-refractivity contribution in [3.05, 3.63) is 29.6 Å². The third-order valence-corrected chi connectivity index (χ3v) is 2.64. The SMILES string of the molecule is N#Cc1ncccc1COC1CCOCC1. The molecule has 4 nitrogen and oxygen atoms in total. The summed E-state index contributed by atoms with van der Waals surface area (Å²) in [6.07, 6.45) is 3.74. The van der Waals surface area contributed by atoms with Gasteiger partial charge in [-0.05, 0) is 18.9 Å². The highest BCUT2D eigenvalue weighted by molar-refractivity contribution is 5.29. The molecule has 1 aliphatic rings. The number of rotatable bonds is 3. The summed E-state index contributed by atoms with van der Waals surface area (Å²) in [6, 6.07) is 5.77. The molecule has 84 valence electrons. The van der Waals surface area contributed by atoms with Crippen LogP contribution in [-0.4, -0.2) is 24.3 Å². The number of hydrogen-bond acceptors (Lipinski definition) is 4. The summed E-state index contributed by atoms with van der Waals surface area (Å²) in [7, 11) is 0. The second-order valence-electron chi connectivity index (χ2n) is 3.75. The number of ether oxygens (including phenoxy) is 2. The fraction of sp³-hybridized carbons (Fsp3) is 0.500. The maximum atomic E-state index is 8.87. The van der Waals surface area contributed by atoms with E-state index in [0.717, 1.165) is 31.6 Å². The molecule has 16 heavy (non-hydrogen) atoms. The zero-order valence-electron chi connectivity index (χ0n) is 9.06. The lowest BCUT2D eigenvalue weighted by Crippen LogP contribution is -2.23. The molecule has 1 aromatic rings. The minimum absolute atomic E-state index is 0.250. The predicted octanol–water partition coefficient (Wildman–Crippen LogP) is 1.65. The normalized spacial score (nSPS) is 16.9. The fourth-order valence-electron chi connectivity index (χ4n) is 1.71. The van der Waals surface area contributed by atoms with Gasteiger partial charge in [-0.1, -0.05) is 6.07 Å². The van der Waals surface area contributed by atoms with Crippen molar-refractivity contribution in [2.24, 2.45) is 0 Å². The second-order valence-corrected chi connectivity index (χ2v) is 3.75. The highest BCUT2D eigenvalue weighted by Crippen LogP contribution is 2.14. The van der Waals surface area contributed by atoms with E-state index in [2.05, 4.69) is 11.1 Å². The number of nitriles is 1. The van der Waals surface area contributed by atoms with Crippen LogP contribution in [0.4, 0.5) is 0 Å². The summed E-state index contributed by atoms with van der Waals surface area (Å²) in [6.45, 7) is 1.99. The van der Waals surface area contributed by atoms with Crippen LogP contribution in [0, 0.1) is 11.3 Å². The van der Waals surface area contributed by atoms with E-state index < -0.39 is 0 Å². The molecular formula is C12H14N2O2. The zero-order valence-corrected chi connectivity index (χ0v) is 9.06. The quantitative estimate of drug-likeness (QED) is 0.774. The van der Waals surface area contributed by atoms with Gasteiger partial charge in [-0.15, -0.1) is 0 Å². The van der Waals surface area contributed by atoms with Gasteiger partial charge in [0.25, 0.3) is 0 Å². The summed E-state index contributed by atoms with van der Waals surface area (Å²) in [5.74, 6) is 0. The average Bonchev–Trinajstić information content (AvgIpc) is 2.38. The molecule has 1 fully saturated rings. The van der Waals surface area contributed by atoms with E-state index in [1.54, 1.807) is 6.20 Å². The molecule has 0 bridgehead atoms. The van der Waals surface area contributed by atoms with E-state index in [0.29, 0.717) is 12.3 Å². The first-order chi connectivity index (χ1) is 7.90. The first kappa shape index (κ1) is 11.1. The monoisotopic (exact) mass is 218 g/mol. The van der Waals surface area contributed by atoms with E-state index in [-0.39, 0.29) is 6.10 Å². The van der Waals surface area contributed by atoms with E-state index >= 15 is 0 Å². The van der Waals surface area contributed by atoms with Crippen molar-refractivity contribution >= 4 is 0 Å². The summed E-state index contributed by atoms with van der Waals surface area (Å²) < 4.78 is 11.0. The van der Waals surface area contributed by atoms with E-state index in [4.69, 9.17) is 14.7 Å². The Morgan fingerprint density at radius 3 is 3.06 bits per heavy atom. The van der Waals surface area contributed by atoms with Crippen LogP contribution >= 0.6 is 0 Å². The van der Waals surface area contributed by atoms with Gasteiger partial charge in [-0.3, -0.25) is 0 Å². The maximum Gasteiger partial charge on any atom is 0.145 e. The summed E-state index contributed by atoms with van der Waals surface area (Å²) in [5.41, 5.74) is 1.31. The Morgan fingerprint density at radius 1 is 1.50 bits per heavy atom. The predicted molar refractivity (Wildman–Crippen MR) is 57.6 cm³/mol. The van der Waals surface area contributed by atoms with Crippen LogP contribution in [-0.2, 0) is 16.1 Å². The molecule has 0 saturated carbocycles. The van der Waals surface area contributed by atoms with Gasteiger partial charge in [0, 0.05) is 25.0 Å². The van der Waals surface area contributed by atoms with Crippen LogP contribution in [0.5, 0.6) is 0 Å². The molecular weight excluding hydrogens is 204 g/mol. The topological polar surface area (TPSA) is 55.1 Å². The second kappa shape index (κ2) is 5.59. The molecule has 1 aromatic heterocycles. The average molecular weight is 218 g/mol. The largest absolute Gasteiger partial charge is 0.381 e. The Bertz CT molecular complexity index is 381. The Morgan fingerprint density at radius 2 is 2.31 bits per heavy atom. The standard InChI is InChI=1S/C12H14N2O2/c13-8-12-10(2-1-5-14-12)9-16-11-3-6-15-7-4-11/h1-2,5,11H,3-4,6-7,9H2. The number of nitrogens with zero attached hydrogens (tertiary/aromatic N) is 2. The first-order valence-electron chi connectivity index (χ1n) is 5.43. The van der Waals surface area contributed by atoms with Crippen molar-refractivity contribution in [1.82, 2.24) is 4.98 Å². The molecule has 2 rings (SSSR count). The minimum atomic E-state index is 0.250. The van der Waals surface area contributed by atoms with Crippen molar-refractivity contribution in [2.45, 2.75) is 25.6 Å². The molecule has 0 aliphatic carbocycles. The summed E-state index contributed by atoms with van der Waals surface area (Å²) in [5, 5.41) is 8.87. The lowest BCUT2D eigenvalue weighted by atomic mass is 10.1. The molecule has 1 saturated heterocycles. The number of aromatic nitrogens is 1. The minimum Gasteiger partial charge on any atom is -0.381 e. The van der Waals surface area contributed by atoms with Gasteiger partial charge < -0.3 is 9.47 Å². The van der Waals surface area contributed by atoms with Gasteiger partial charge in [0.15, 0.2) is 0 Å². The highest BCUT2D eigenvalue weighted by Gasteiger charge is 2.14. The molecule has 0 atom stereocenters. The van der Waals surface area contributed by atoms with Crippen LogP contribution < -0.4 is 0 Å². The number of pyridine rings is 1. The van der Waals surface area contributed by atoms with Gasteiger partial charge in [0.2, 0.25) is 0 Å². The lowest BCUT2D eigenvalue weighted by molar-refractivity contribution is -0.0391. The Labute approximate surface area is 94.8 Å². The molecule has 0 spiro atoms. The van der Waals surface area contributed by atoms with Gasteiger partial charge in [0.05, 0.1) is 12.7 Å². The molecule has 0 unspecified atom stereocenters. The van der Waals surface area contributed by atoms with E-state index in [9.17, 15) is 0 Å². The summed E-state index contributed by atoms with van der Waals surface area (Å²) in [4.78, 5) is 4.00. The van der Waals surface area contributed by atoms with Gasteiger partial charge >= 0.3 is 0 Å². The Kier molecular flexibility index (Phi) is 3.86. The van der Waals surface area contributed by atoms with Crippen molar-refractivity contribution in [1.29, 1.82) is 5.26 Å². The van der Waals surface area contributed by atoms with E-state index in [1.807, 2.05) is 12.1 Å². The molecule has 0 aromatic carbocycles. The number of hydrogen-bond donors (Lipinski definition) is 0. The van der Waals surface area contributed by atoms with Crippen LogP contribution in [0.3, 0.4) is 0 Å². The van der Waals surface area contributed by atoms with Crippen molar-refractivity contribution in [2.75, 3.05) is 13.2 Å².